The molecule has 0 saturated heterocycles. The van der Waals surface area contributed by atoms with Crippen LogP contribution in [0.25, 0.3) is 0 Å². The average Bonchev–Trinajstić information content (AvgIpc) is 2.90. The highest BCUT2D eigenvalue weighted by Crippen LogP contribution is 2.59. The molecule has 110 valence electrons. The molecule has 21 heavy (non-hydrogen) atoms. The second kappa shape index (κ2) is 5.63. The first-order valence-corrected chi connectivity index (χ1v) is 8.22. The summed E-state index contributed by atoms with van der Waals surface area (Å²) in [4.78, 5) is 16.3. The molecule has 1 aliphatic carbocycles. The van der Waals surface area contributed by atoms with E-state index in [-0.39, 0.29) is 11.7 Å². The number of hydrogen-bond acceptors (Lipinski definition) is 4. The highest BCUT2D eigenvalue weighted by Gasteiger charge is 2.52. The molecule has 3 rings (SSSR count). The van der Waals surface area contributed by atoms with Crippen molar-refractivity contribution in [2.75, 3.05) is 5.75 Å². The van der Waals surface area contributed by atoms with Crippen LogP contribution in [-0.2, 0) is 0 Å². The van der Waals surface area contributed by atoms with E-state index in [9.17, 15) is 4.79 Å². The molecule has 0 spiro atoms. The van der Waals surface area contributed by atoms with Gasteiger partial charge in [0.25, 0.3) is 0 Å². The number of nitrogens with one attached hydrogen (secondary N) is 1. The van der Waals surface area contributed by atoms with E-state index < -0.39 is 4.33 Å². The summed E-state index contributed by atoms with van der Waals surface area (Å²) in [5.41, 5.74) is 1.75. The first kappa shape index (κ1) is 14.9. The number of H-pyrrole nitrogens is 1. The Balaban J connectivity index is 1.60. The third-order valence-electron chi connectivity index (χ3n) is 3.37. The number of hydrogen-bond donors (Lipinski definition) is 1. The van der Waals surface area contributed by atoms with Gasteiger partial charge in [0.05, 0.1) is 5.75 Å². The van der Waals surface area contributed by atoms with Gasteiger partial charge in [-0.05, 0) is 18.9 Å². The van der Waals surface area contributed by atoms with Gasteiger partial charge in [-0.15, -0.1) is 28.3 Å². The van der Waals surface area contributed by atoms with E-state index in [0.29, 0.717) is 16.5 Å². The van der Waals surface area contributed by atoms with E-state index in [0.717, 1.165) is 17.8 Å². The fourth-order valence-corrected chi connectivity index (χ4v) is 3.38. The SMILES string of the molecule is Cc1nc(SCC(=O)c2ccc(C3CC3(Cl)Cl)cc2)n[nH]1. The predicted octanol–water partition coefficient (Wildman–Crippen LogP) is 3.75. The number of aromatic amines is 1. The number of carbonyl (C=O) groups is 1. The molecule has 1 atom stereocenters. The van der Waals surface area contributed by atoms with Gasteiger partial charge in [-0.2, -0.15) is 0 Å². The van der Waals surface area contributed by atoms with Crippen LogP contribution in [0.1, 0.15) is 34.1 Å². The Morgan fingerprint density at radius 3 is 2.62 bits per heavy atom. The van der Waals surface area contributed by atoms with E-state index >= 15 is 0 Å². The molecule has 1 heterocycles. The van der Waals surface area contributed by atoms with E-state index in [4.69, 9.17) is 23.2 Å². The summed E-state index contributed by atoms with van der Waals surface area (Å²) < 4.78 is -0.634. The molecule has 0 aliphatic heterocycles. The van der Waals surface area contributed by atoms with Crippen LogP contribution in [0, 0.1) is 6.92 Å². The van der Waals surface area contributed by atoms with Gasteiger partial charge in [0, 0.05) is 11.5 Å². The Bertz CT molecular complexity index is 669. The molecule has 4 nitrogen and oxygen atoms in total. The summed E-state index contributed by atoms with van der Waals surface area (Å²) in [7, 11) is 0. The number of carbonyl (C=O) groups excluding carboxylic acids is 1. The summed E-state index contributed by atoms with van der Waals surface area (Å²) in [6, 6.07) is 7.49. The second-order valence-corrected chi connectivity index (χ2v) is 7.54. The molecule has 1 aliphatic rings. The minimum atomic E-state index is -0.634. The summed E-state index contributed by atoms with van der Waals surface area (Å²) in [5, 5.41) is 7.32. The number of nitrogens with zero attached hydrogens (tertiary/aromatic N) is 2. The van der Waals surface area contributed by atoms with Crippen LogP contribution < -0.4 is 0 Å². The fraction of sp³-hybridized carbons (Fsp3) is 0.357. The van der Waals surface area contributed by atoms with Crippen molar-refractivity contribution >= 4 is 40.7 Å². The van der Waals surface area contributed by atoms with Crippen molar-refractivity contribution < 1.29 is 4.79 Å². The van der Waals surface area contributed by atoms with Crippen LogP contribution in [0.5, 0.6) is 0 Å². The standard InChI is InChI=1S/C14H13Cl2N3OS/c1-8-17-13(19-18-8)21-7-12(20)10-4-2-9(3-5-10)11-6-14(11,15)16/h2-5,11H,6-7H2,1H3,(H,17,18,19). The average molecular weight is 342 g/mol. The van der Waals surface area contributed by atoms with Crippen molar-refractivity contribution in [2.45, 2.75) is 28.8 Å². The van der Waals surface area contributed by atoms with E-state index in [1.165, 1.54) is 11.8 Å². The van der Waals surface area contributed by atoms with Gasteiger partial charge >= 0.3 is 0 Å². The van der Waals surface area contributed by atoms with Crippen molar-refractivity contribution in [3.63, 3.8) is 0 Å². The van der Waals surface area contributed by atoms with Gasteiger partial charge in [-0.1, -0.05) is 36.0 Å². The van der Waals surface area contributed by atoms with E-state index in [1.807, 2.05) is 31.2 Å². The predicted molar refractivity (Wildman–Crippen MR) is 84.4 cm³/mol. The van der Waals surface area contributed by atoms with Crippen LogP contribution in [0.3, 0.4) is 0 Å². The van der Waals surface area contributed by atoms with Gasteiger partial charge in [0.1, 0.15) is 10.2 Å². The molecule has 1 fully saturated rings. The molecule has 0 amide bonds. The van der Waals surface area contributed by atoms with Gasteiger partial charge < -0.3 is 0 Å². The van der Waals surface area contributed by atoms with Gasteiger partial charge in [0.2, 0.25) is 5.16 Å². The third kappa shape index (κ3) is 3.42. The van der Waals surface area contributed by atoms with E-state index in [1.54, 1.807) is 0 Å². The van der Waals surface area contributed by atoms with Crippen LogP contribution in [0.15, 0.2) is 29.4 Å². The summed E-state index contributed by atoms with van der Waals surface area (Å²) in [5.74, 6) is 1.28. The highest BCUT2D eigenvalue weighted by atomic mass is 35.5. The Kier molecular flexibility index (Phi) is 3.99. The third-order valence-corrected chi connectivity index (χ3v) is 5.05. The Morgan fingerprint density at radius 1 is 1.43 bits per heavy atom. The summed E-state index contributed by atoms with van der Waals surface area (Å²) in [6.07, 6.45) is 0.767. The van der Waals surface area contributed by atoms with Gasteiger partial charge in [-0.25, -0.2) is 4.98 Å². The molecule has 2 aromatic rings. The molecule has 0 radical (unpaired) electrons. The largest absolute Gasteiger partial charge is 0.293 e. The normalized spacial score (nSPS) is 19.5. The molecule has 7 heteroatoms. The van der Waals surface area contributed by atoms with Gasteiger partial charge in [0.15, 0.2) is 5.78 Å². The topological polar surface area (TPSA) is 58.6 Å². The molecular weight excluding hydrogens is 329 g/mol. The zero-order chi connectivity index (χ0) is 15.0. The van der Waals surface area contributed by atoms with Crippen molar-refractivity contribution in [2.24, 2.45) is 0 Å². The van der Waals surface area contributed by atoms with Crippen LogP contribution in [0.2, 0.25) is 0 Å². The Morgan fingerprint density at radius 2 is 2.10 bits per heavy atom. The molecule has 1 aromatic carbocycles. The maximum Gasteiger partial charge on any atom is 0.208 e. The first-order chi connectivity index (χ1) is 9.95. The van der Waals surface area contributed by atoms with Crippen molar-refractivity contribution in [3.8, 4) is 0 Å². The lowest BCUT2D eigenvalue weighted by atomic mass is 10.1. The van der Waals surface area contributed by atoms with Crippen molar-refractivity contribution in [1.29, 1.82) is 0 Å². The Labute approximate surface area is 136 Å². The maximum atomic E-state index is 12.1. The van der Waals surface area contributed by atoms with Crippen molar-refractivity contribution in [3.05, 3.63) is 41.2 Å². The second-order valence-electron chi connectivity index (χ2n) is 5.05. The lowest BCUT2D eigenvalue weighted by Crippen LogP contribution is -2.03. The lowest BCUT2D eigenvalue weighted by molar-refractivity contribution is 0.102. The number of Topliss-reactive ketones (excluding diaryl/α,β-unsaturated/α-hetero) is 1. The number of aryl methyl sites for hydroxylation is 1. The smallest absolute Gasteiger partial charge is 0.208 e. The minimum Gasteiger partial charge on any atom is -0.293 e. The number of halogens is 2. The number of rotatable bonds is 5. The number of thioether (sulfide) groups is 1. The minimum absolute atomic E-state index is 0.0489. The molecule has 1 saturated carbocycles. The van der Waals surface area contributed by atoms with E-state index in [2.05, 4.69) is 15.2 Å². The number of ketones is 1. The molecule has 0 bridgehead atoms. The molecular formula is C14H13Cl2N3OS. The zero-order valence-electron chi connectivity index (χ0n) is 11.3. The number of alkyl halides is 2. The van der Waals surface area contributed by atoms with Crippen LogP contribution >= 0.6 is 35.0 Å². The summed E-state index contributed by atoms with van der Waals surface area (Å²) in [6.45, 7) is 1.82. The van der Waals surface area contributed by atoms with Gasteiger partial charge in [-0.3, -0.25) is 9.89 Å². The first-order valence-electron chi connectivity index (χ1n) is 6.48. The highest BCUT2D eigenvalue weighted by molar-refractivity contribution is 7.99. The number of benzene rings is 1. The molecule has 1 N–H and O–H groups in total. The fourth-order valence-electron chi connectivity index (χ4n) is 2.08. The monoisotopic (exact) mass is 341 g/mol. The Hall–Kier alpha value is -1.04. The molecule has 1 aromatic heterocycles. The van der Waals surface area contributed by atoms with Crippen molar-refractivity contribution in [1.82, 2.24) is 15.2 Å². The number of aromatic nitrogens is 3. The summed E-state index contributed by atoms with van der Waals surface area (Å²) >= 11 is 13.4. The lowest BCUT2D eigenvalue weighted by Gasteiger charge is -2.03. The molecule has 1 unspecified atom stereocenters. The van der Waals surface area contributed by atoms with Crippen LogP contribution in [0.4, 0.5) is 0 Å². The van der Waals surface area contributed by atoms with Crippen LogP contribution in [-0.4, -0.2) is 31.1 Å². The quantitative estimate of drug-likeness (QED) is 0.511. The zero-order valence-corrected chi connectivity index (χ0v) is 13.6. The maximum absolute atomic E-state index is 12.1.